The third-order valence-corrected chi connectivity index (χ3v) is 4.74. The van der Waals surface area contributed by atoms with E-state index in [0.717, 1.165) is 48.4 Å². The molecule has 1 N–H and O–H groups in total. The second-order valence-corrected chi connectivity index (χ2v) is 6.43. The summed E-state index contributed by atoms with van der Waals surface area (Å²) in [4.78, 5) is 16.1. The first-order valence-electron chi connectivity index (χ1n) is 8.77. The van der Waals surface area contributed by atoms with E-state index in [1.165, 1.54) is 0 Å². The zero-order valence-corrected chi connectivity index (χ0v) is 14.2. The maximum atomic E-state index is 9.84. The molecule has 7 heteroatoms. The van der Waals surface area contributed by atoms with E-state index in [1.807, 2.05) is 12.3 Å². The first-order chi connectivity index (χ1) is 12.8. The molecule has 0 saturated carbocycles. The van der Waals surface area contributed by atoms with Gasteiger partial charge in [-0.05, 0) is 25.0 Å². The van der Waals surface area contributed by atoms with Crippen molar-refractivity contribution in [1.82, 2.24) is 9.97 Å². The second-order valence-electron chi connectivity index (χ2n) is 6.43. The molecule has 2 aliphatic heterocycles. The standard InChI is InChI=1S/C19H18N4O3/c24-13-4-1-3-12(11-13)17-21-15-14-5-2-6-20-19(14)26-16(15)18(22-17)23-7-9-25-10-8-23/h1,3-4,6,11,24H,2,5,7-10H2. The molecule has 0 radical (unpaired) electrons. The number of benzene rings is 1. The number of rotatable bonds is 2. The van der Waals surface area contributed by atoms with Crippen molar-refractivity contribution in [3.8, 4) is 17.1 Å². The number of aliphatic imine (C=N–C) groups is 1. The molecule has 26 heavy (non-hydrogen) atoms. The average molecular weight is 350 g/mol. The smallest absolute Gasteiger partial charge is 0.224 e. The van der Waals surface area contributed by atoms with Crippen LogP contribution < -0.4 is 4.90 Å². The van der Waals surface area contributed by atoms with Crippen molar-refractivity contribution in [2.75, 3.05) is 31.2 Å². The van der Waals surface area contributed by atoms with Crippen molar-refractivity contribution >= 4 is 29.0 Å². The maximum absolute atomic E-state index is 9.84. The van der Waals surface area contributed by atoms with Gasteiger partial charge in [-0.25, -0.2) is 15.0 Å². The van der Waals surface area contributed by atoms with E-state index in [4.69, 9.17) is 19.1 Å². The van der Waals surface area contributed by atoms with E-state index >= 15 is 0 Å². The number of aromatic nitrogens is 2. The van der Waals surface area contributed by atoms with Crippen LogP contribution in [0.4, 0.5) is 11.7 Å². The Bertz CT molecular complexity index is 1010. The van der Waals surface area contributed by atoms with Gasteiger partial charge in [0.05, 0.1) is 13.2 Å². The minimum absolute atomic E-state index is 0.193. The maximum Gasteiger partial charge on any atom is 0.224 e. The van der Waals surface area contributed by atoms with E-state index in [9.17, 15) is 5.11 Å². The molecule has 0 atom stereocenters. The van der Waals surface area contributed by atoms with Crippen molar-refractivity contribution in [2.45, 2.75) is 12.8 Å². The number of anilines is 1. The lowest BCUT2D eigenvalue weighted by molar-refractivity contribution is 0.122. The number of nitrogens with zero attached hydrogens (tertiary/aromatic N) is 4. The molecule has 1 saturated heterocycles. The summed E-state index contributed by atoms with van der Waals surface area (Å²) in [5, 5.41) is 9.84. The molecule has 2 aromatic heterocycles. The zero-order valence-electron chi connectivity index (χ0n) is 14.2. The van der Waals surface area contributed by atoms with Crippen molar-refractivity contribution in [3.63, 3.8) is 0 Å². The Labute approximate surface area is 150 Å². The van der Waals surface area contributed by atoms with Crippen LogP contribution in [0.3, 0.4) is 0 Å². The highest BCUT2D eigenvalue weighted by atomic mass is 16.5. The van der Waals surface area contributed by atoms with E-state index in [1.54, 1.807) is 18.2 Å². The van der Waals surface area contributed by atoms with Crippen molar-refractivity contribution < 1.29 is 14.3 Å². The number of phenolic OH excluding ortho intramolecular Hbond substituents is 1. The summed E-state index contributed by atoms with van der Waals surface area (Å²) in [6.45, 7) is 2.82. The first kappa shape index (κ1) is 15.3. The molecule has 2 aliphatic rings. The Morgan fingerprint density at radius 1 is 1.12 bits per heavy atom. The van der Waals surface area contributed by atoms with E-state index < -0.39 is 0 Å². The third kappa shape index (κ3) is 2.52. The van der Waals surface area contributed by atoms with Gasteiger partial charge < -0.3 is 19.2 Å². The van der Waals surface area contributed by atoms with Crippen LogP contribution in [0.25, 0.3) is 22.5 Å². The lowest BCUT2D eigenvalue weighted by Crippen LogP contribution is -2.37. The highest BCUT2D eigenvalue weighted by molar-refractivity contribution is 5.92. The summed E-state index contributed by atoms with van der Waals surface area (Å²) in [5.41, 5.74) is 3.29. The van der Waals surface area contributed by atoms with Gasteiger partial charge in [-0.2, -0.15) is 0 Å². The number of hydrogen-bond donors (Lipinski definition) is 1. The molecule has 0 spiro atoms. The van der Waals surface area contributed by atoms with Crippen LogP contribution in [0.2, 0.25) is 0 Å². The van der Waals surface area contributed by atoms with E-state index in [-0.39, 0.29) is 5.75 Å². The SMILES string of the molecule is Oc1cccc(-c2nc(N3CCOCC3)c3oc4c(c3n2)CCC=N4)c1. The molecular formula is C19H18N4O3. The summed E-state index contributed by atoms with van der Waals surface area (Å²) in [7, 11) is 0. The van der Waals surface area contributed by atoms with Crippen LogP contribution in [-0.4, -0.2) is 47.6 Å². The Morgan fingerprint density at radius 3 is 2.85 bits per heavy atom. The van der Waals surface area contributed by atoms with Gasteiger partial charge >= 0.3 is 0 Å². The molecule has 5 rings (SSSR count). The van der Waals surface area contributed by atoms with E-state index in [2.05, 4.69) is 9.89 Å². The predicted octanol–water partition coefficient (Wildman–Crippen LogP) is 3.08. The van der Waals surface area contributed by atoms with Crippen molar-refractivity contribution in [1.29, 1.82) is 0 Å². The molecule has 3 aromatic rings. The normalized spacial score (nSPS) is 16.8. The fourth-order valence-corrected chi connectivity index (χ4v) is 3.45. The van der Waals surface area contributed by atoms with Gasteiger partial charge in [0.15, 0.2) is 17.2 Å². The Morgan fingerprint density at radius 2 is 2.00 bits per heavy atom. The lowest BCUT2D eigenvalue weighted by Gasteiger charge is -2.27. The highest BCUT2D eigenvalue weighted by Crippen LogP contribution is 2.39. The van der Waals surface area contributed by atoms with Gasteiger partial charge in [-0.15, -0.1) is 0 Å². The van der Waals surface area contributed by atoms with Gasteiger partial charge in [0.2, 0.25) is 5.88 Å². The lowest BCUT2D eigenvalue weighted by atomic mass is 10.1. The number of hydrogen-bond acceptors (Lipinski definition) is 7. The van der Waals surface area contributed by atoms with Gasteiger partial charge in [0, 0.05) is 30.4 Å². The highest BCUT2D eigenvalue weighted by Gasteiger charge is 2.25. The number of aromatic hydroxyl groups is 1. The first-order valence-corrected chi connectivity index (χ1v) is 8.77. The largest absolute Gasteiger partial charge is 0.508 e. The molecule has 1 aromatic carbocycles. The third-order valence-electron chi connectivity index (χ3n) is 4.74. The summed E-state index contributed by atoms with van der Waals surface area (Å²) in [5.74, 6) is 2.16. The van der Waals surface area contributed by atoms with Crippen LogP contribution >= 0.6 is 0 Å². The molecule has 132 valence electrons. The van der Waals surface area contributed by atoms with Gasteiger partial charge in [0.1, 0.15) is 11.3 Å². The minimum atomic E-state index is 0.193. The van der Waals surface area contributed by atoms with Gasteiger partial charge in [-0.3, -0.25) is 0 Å². The van der Waals surface area contributed by atoms with Gasteiger partial charge in [-0.1, -0.05) is 12.1 Å². The fourth-order valence-electron chi connectivity index (χ4n) is 3.45. The summed E-state index contributed by atoms with van der Waals surface area (Å²) < 4.78 is 11.5. The van der Waals surface area contributed by atoms with Crippen LogP contribution in [-0.2, 0) is 11.2 Å². The van der Waals surface area contributed by atoms with Crippen LogP contribution in [0.5, 0.6) is 5.75 Å². The second kappa shape index (κ2) is 6.10. The Balaban J connectivity index is 1.74. The van der Waals surface area contributed by atoms with Crippen LogP contribution in [0.1, 0.15) is 12.0 Å². The molecule has 0 bridgehead atoms. The predicted molar refractivity (Wildman–Crippen MR) is 98.4 cm³/mol. The number of ether oxygens (including phenoxy) is 1. The molecule has 4 heterocycles. The molecule has 0 amide bonds. The average Bonchev–Trinajstić information content (AvgIpc) is 3.06. The van der Waals surface area contributed by atoms with Crippen LogP contribution in [0, 0.1) is 0 Å². The monoisotopic (exact) mass is 350 g/mol. The topological polar surface area (TPSA) is 84.0 Å². The van der Waals surface area contributed by atoms with E-state index in [0.29, 0.717) is 30.5 Å². The quantitative estimate of drug-likeness (QED) is 0.765. The summed E-state index contributed by atoms with van der Waals surface area (Å²) in [6.07, 6.45) is 3.60. The number of furan rings is 1. The Hall–Kier alpha value is -2.93. The number of aryl methyl sites for hydroxylation is 1. The summed E-state index contributed by atoms with van der Waals surface area (Å²) >= 11 is 0. The number of fused-ring (bicyclic) bond motifs is 3. The minimum Gasteiger partial charge on any atom is -0.508 e. The van der Waals surface area contributed by atoms with Gasteiger partial charge in [0.25, 0.3) is 0 Å². The molecule has 7 nitrogen and oxygen atoms in total. The van der Waals surface area contributed by atoms with Crippen molar-refractivity contribution in [2.24, 2.45) is 4.99 Å². The fraction of sp³-hybridized carbons (Fsp3) is 0.316. The molecular weight excluding hydrogens is 332 g/mol. The number of morpholine rings is 1. The molecule has 0 aliphatic carbocycles. The van der Waals surface area contributed by atoms with Crippen molar-refractivity contribution in [3.05, 3.63) is 29.8 Å². The summed E-state index contributed by atoms with van der Waals surface area (Å²) in [6, 6.07) is 7.00. The number of phenols is 1. The van der Waals surface area contributed by atoms with Crippen LogP contribution in [0.15, 0.2) is 33.7 Å². The molecule has 1 fully saturated rings. The molecule has 0 unspecified atom stereocenters. The Kier molecular flexibility index (Phi) is 3.60. The zero-order chi connectivity index (χ0) is 17.5.